The van der Waals surface area contributed by atoms with E-state index in [9.17, 15) is 9.59 Å². The highest BCUT2D eigenvalue weighted by atomic mass is 16.4. The van der Waals surface area contributed by atoms with Crippen molar-refractivity contribution in [2.45, 2.75) is 13.3 Å². The maximum absolute atomic E-state index is 11.4. The number of hydrogen-bond acceptors (Lipinski definition) is 3. The zero-order valence-corrected chi connectivity index (χ0v) is 8.40. The lowest BCUT2D eigenvalue weighted by Crippen LogP contribution is -2.32. The minimum absolute atomic E-state index is 0.135. The van der Waals surface area contributed by atoms with Crippen molar-refractivity contribution in [3.63, 3.8) is 0 Å². The van der Waals surface area contributed by atoms with Crippen LogP contribution < -0.4 is 5.32 Å². The third kappa shape index (κ3) is 3.12. The molecule has 0 saturated heterocycles. The van der Waals surface area contributed by atoms with Crippen molar-refractivity contribution in [1.29, 1.82) is 0 Å². The number of carboxylic acids is 1. The van der Waals surface area contributed by atoms with Crippen LogP contribution in [-0.4, -0.2) is 23.5 Å². The molecular formula is C10H13NO4. The highest BCUT2D eigenvalue weighted by molar-refractivity contribution is 5.93. The molecule has 0 spiro atoms. The van der Waals surface area contributed by atoms with Gasteiger partial charge in [0.25, 0.3) is 5.91 Å². The molecule has 0 radical (unpaired) electrons. The van der Waals surface area contributed by atoms with Crippen molar-refractivity contribution in [2.75, 3.05) is 6.54 Å². The lowest BCUT2D eigenvalue weighted by Gasteiger charge is -2.09. The number of hydrogen-bond donors (Lipinski definition) is 2. The predicted octanol–water partition coefficient (Wildman–Crippen LogP) is 1.12. The molecule has 0 saturated carbocycles. The molecule has 1 heterocycles. The summed E-state index contributed by atoms with van der Waals surface area (Å²) in [4.78, 5) is 22.0. The van der Waals surface area contributed by atoms with E-state index in [1.165, 1.54) is 18.6 Å². The summed E-state index contributed by atoms with van der Waals surface area (Å²) in [5, 5.41) is 11.3. The first kappa shape index (κ1) is 11.3. The molecule has 1 atom stereocenters. The van der Waals surface area contributed by atoms with Gasteiger partial charge in [-0.2, -0.15) is 0 Å². The molecule has 0 aromatic carbocycles. The molecule has 1 unspecified atom stereocenters. The van der Waals surface area contributed by atoms with Gasteiger partial charge in [-0.05, 0) is 12.5 Å². The second kappa shape index (κ2) is 5.19. The molecule has 1 rings (SSSR count). The molecule has 5 nitrogen and oxygen atoms in total. The number of carbonyl (C=O) groups excluding carboxylic acids is 1. The van der Waals surface area contributed by atoms with Crippen LogP contribution in [0.3, 0.4) is 0 Å². The van der Waals surface area contributed by atoms with E-state index < -0.39 is 11.9 Å². The smallest absolute Gasteiger partial charge is 0.308 e. The van der Waals surface area contributed by atoms with Crippen molar-refractivity contribution in [1.82, 2.24) is 5.32 Å². The molecule has 0 fully saturated rings. The van der Waals surface area contributed by atoms with Gasteiger partial charge in [0.05, 0.1) is 17.7 Å². The van der Waals surface area contributed by atoms with E-state index in [2.05, 4.69) is 5.32 Å². The second-order valence-electron chi connectivity index (χ2n) is 3.17. The van der Waals surface area contributed by atoms with Crippen LogP contribution in [0.4, 0.5) is 0 Å². The third-order valence-electron chi connectivity index (χ3n) is 2.13. The standard InChI is InChI=1S/C10H13NO4/c1-2-7(10(13)14)5-11-9(12)8-3-4-15-6-8/h3-4,6-7H,2,5H2,1H3,(H,11,12)(H,13,14). The van der Waals surface area contributed by atoms with Crippen LogP contribution in [0.15, 0.2) is 23.0 Å². The summed E-state index contributed by atoms with van der Waals surface area (Å²) in [5.41, 5.74) is 0.398. The Hall–Kier alpha value is -1.78. The van der Waals surface area contributed by atoms with Crippen LogP contribution in [0.1, 0.15) is 23.7 Å². The van der Waals surface area contributed by atoms with Gasteiger partial charge in [0.15, 0.2) is 0 Å². The van der Waals surface area contributed by atoms with Crippen LogP contribution in [0.5, 0.6) is 0 Å². The fraction of sp³-hybridized carbons (Fsp3) is 0.400. The van der Waals surface area contributed by atoms with Gasteiger partial charge < -0.3 is 14.8 Å². The summed E-state index contributed by atoms with van der Waals surface area (Å²) < 4.78 is 4.74. The number of furan rings is 1. The molecule has 0 aliphatic rings. The quantitative estimate of drug-likeness (QED) is 0.764. The summed E-state index contributed by atoms with van der Waals surface area (Å²) in [7, 11) is 0. The minimum atomic E-state index is -0.898. The molecule has 5 heteroatoms. The van der Waals surface area contributed by atoms with Crippen LogP contribution in [0, 0.1) is 5.92 Å². The van der Waals surface area contributed by atoms with Gasteiger partial charge >= 0.3 is 5.97 Å². The van der Waals surface area contributed by atoms with Crippen molar-refractivity contribution in [2.24, 2.45) is 5.92 Å². The second-order valence-corrected chi connectivity index (χ2v) is 3.17. The number of carbonyl (C=O) groups is 2. The molecule has 1 aromatic heterocycles. The Morgan fingerprint density at radius 1 is 1.60 bits per heavy atom. The first-order valence-corrected chi connectivity index (χ1v) is 4.68. The lowest BCUT2D eigenvalue weighted by atomic mass is 10.1. The van der Waals surface area contributed by atoms with Crippen molar-refractivity contribution < 1.29 is 19.1 Å². The number of rotatable bonds is 5. The molecule has 0 aliphatic heterocycles. The Labute approximate surface area is 87.1 Å². The summed E-state index contributed by atoms with van der Waals surface area (Å²) in [6.07, 6.45) is 3.20. The van der Waals surface area contributed by atoms with Crippen LogP contribution >= 0.6 is 0 Å². The van der Waals surface area contributed by atoms with E-state index in [0.717, 1.165) is 0 Å². The largest absolute Gasteiger partial charge is 0.481 e. The highest BCUT2D eigenvalue weighted by Crippen LogP contribution is 2.03. The minimum Gasteiger partial charge on any atom is -0.481 e. The Morgan fingerprint density at radius 3 is 2.80 bits per heavy atom. The van der Waals surface area contributed by atoms with E-state index in [0.29, 0.717) is 12.0 Å². The topological polar surface area (TPSA) is 79.5 Å². The van der Waals surface area contributed by atoms with Gasteiger partial charge in [0, 0.05) is 6.54 Å². The molecule has 2 N–H and O–H groups in total. The van der Waals surface area contributed by atoms with Crippen molar-refractivity contribution in [3.05, 3.63) is 24.2 Å². The molecule has 82 valence electrons. The first-order chi connectivity index (χ1) is 7.15. The summed E-state index contributed by atoms with van der Waals surface area (Å²) in [5.74, 6) is -1.76. The monoisotopic (exact) mass is 211 g/mol. The van der Waals surface area contributed by atoms with E-state index in [-0.39, 0.29) is 12.5 Å². The summed E-state index contributed by atoms with van der Waals surface area (Å²) in [6, 6.07) is 1.52. The van der Waals surface area contributed by atoms with E-state index in [1.54, 1.807) is 6.92 Å². The first-order valence-electron chi connectivity index (χ1n) is 4.68. The molecule has 0 bridgehead atoms. The number of amides is 1. The fourth-order valence-electron chi connectivity index (χ4n) is 1.12. The molecular weight excluding hydrogens is 198 g/mol. The van der Waals surface area contributed by atoms with Crippen LogP contribution in [-0.2, 0) is 4.79 Å². The summed E-state index contributed by atoms with van der Waals surface area (Å²) in [6.45, 7) is 1.90. The van der Waals surface area contributed by atoms with E-state index in [4.69, 9.17) is 9.52 Å². The summed E-state index contributed by atoms with van der Waals surface area (Å²) >= 11 is 0. The zero-order chi connectivity index (χ0) is 11.3. The van der Waals surface area contributed by atoms with Gasteiger partial charge in [-0.3, -0.25) is 9.59 Å². The Kier molecular flexibility index (Phi) is 3.91. The van der Waals surface area contributed by atoms with Crippen molar-refractivity contribution in [3.8, 4) is 0 Å². The number of nitrogens with one attached hydrogen (secondary N) is 1. The van der Waals surface area contributed by atoms with Gasteiger partial charge in [-0.25, -0.2) is 0 Å². The highest BCUT2D eigenvalue weighted by Gasteiger charge is 2.16. The molecule has 15 heavy (non-hydrogen) atoms. The normalized spacial score (nSPS) is 12.1. The fourth-order valence-corrected chi connectivity index (χ4v) is 1.12. The Bertz CT molecular complexity index is 331. The van der Waals surface area contributed by atoms with Crippen LogP contribution in [0.25, 0.3) is 0 Å². The predicted molar refractivity (Wildman–Crippen MR) is 52.5 cm³/mol. The van der Waals surface area contributed by atoms with Gasteiger partial charge in [-0.15, -0.1) is 0 Å². The Balaban J connectivity index is 2.43. The van der Waals surface area contributed by atoms with Gasteiger partial charge in [-0.1, -0.05) is 6.92 Å². The lowest BCUT2D eigenvalue weighted by molar-refractivity contribution is -0.141. The van der Waals surface area contributed by atoms with Crippen molar-refractivity contribution >= 4 is 11.9 Å². The zero-order valence-electron chi connectivity index (χ0n) is 8.40. The Morgan fingerprint density at radius 2 is 2.33 bits per heavy atom. The molecule has 1 aromatic rings. The average Bonchev–Trinajstić information content (AvgIpc) is 2.70. The van der Waals surface area contributed by atoms with Gasteiger partial charge in [0.1, 0.15) is 6.26 Å². The number of carboxylic acid groups (broad SMARTS) is 1. The maximum Gasteiger partial charge on any atom is 0.308 e. The van der Waals surface area contributed by atoms with Crippen LogP contribution in [0.2, 0.25) is 0 Å². The third-order valence-corrected chi connectivity index (χ3v) is 2.13. The van der Waals surface area contributed by atoms with E-state index in [1.807, 2.05) is 0 Å². The van der Waals surface area contributed by atoms with E-state index >= 15 is 0 Å². The molecule has 0 aliphatic carbocycles. The maximum atomic E-state index is 11.4. The molecule has 1 amide bonds. The SMILES string of the molecule is CCC(CNC(=O)c1ccoc1)C(=O)O. The average molecular weight is 211 g/mol. The number of aliphatic carboxylic acids is 1. The van der Waals surface area contributed by atoms with Gasteiger partial charge in [0.2, 0.25) is 0 Å².